The largest absolute Gasteiger partial charge is 0.278 e. The first-order chi connectivity index (χ1) is 21.8. The van der Waals surface area contributed by atoms with Crippen LogP contribution in [0.4, 0.5) is 0 Å². The Kier molecular flexibility index (Phi) is 5.68. The first-order valence-electron chi connectivity index (χ1n) is 14.8. The highest BCUT2D eigenvalue weighted by Gasteiger charge is 2.17. The van der Waals surface area contributed by atoms with Gasteiger partial charge in [-0.15, -0.1) is 11.3 Å². The summed E-state index contributed by atoms with van der Waals surface area (Å²) in [6.45, 7) is 0. The van der Waals surface area contributed by atoms with Gasteiger partial charge in [-0.2, -0.15) is 0 Å². The average Bonchev–Trinajstić information content (AvgIpc) is 3.65. The molecule has 0 N–H and O–H groups in total. The van der Waals surface area contributed by atoms with Gasteiger partial charge in [0.05, 0.1) is 22.4 Å². The summed E-state index contributed by atoms with van der Waals surface area (Å²) in [7, 11) is 0. The summed E-state index contributed by atoms with van der Waals surface area (Å²) in [4.78, 5) is 10.4. The molecule has 0 bridgehead atoms. The Labute approximate surface area is 258 Å². The molecule has 0 spiro atoms. The number of para-hydroxylation sites is 2. The van der Waals surface area contributed by atoms with Crippen molar-refractivity contribution in [3.8, 4) is 39.6 Å². The van der Waals surface area contributed by atoms with E-state index in [0.717, 1.165) is 33.5 Å². The fourth-order valence-electron chi connectivity index (χ4n) is 6.40. The molecule has 0 aliphatic rings. The van der Waals surface area contributed by atoms with Crippen molar-refractivity contribution < 1.29 is 0 Å². The Balaban J connectivity index is 1.27. The van der Waals surface area contributed by atoms with Crippen LogP contribution in [0.3, 0.4) is 0 Å². The fourth-order valence-corrected chi connectivity index (χ4v) is 7.64. The summed E-state index contributed by atoms with van der Waals surface area (Å²) in [6.07, 6.45) is 0. The molecule has 0 aliphatic heterocycles. The molecule has 9 rings (SSSR count). The van der Waals surface area contributed by atoms with Crippen LogP contribution in [0.1, 0.15) is 0 Å². The second-order valence-electron chi connectivity index (χ2n) is 11.0. The molecule has 0 amide bonds. The molecule has 4 heteroatoms. The zero-order chi connectivity index (χ0) is 29.0. The third-order valence-corrected chi connectivity index (χ3v) is 9.66. The quantitative estimate of drug-likeness (QED) is 0.208. The van der Waals surface area contributed by atoms with E-state index < -0.39 is 0 Å². The number of thiophene rings is 1. The molecule has 0 saturated heterocycles. The highest BCUT2D eigenvalue weighted by molar-refractivity contribution is 7.26. The third kappa shape index (κ3) is 3.96. The molecule has 3 aromatic heterocycles. The van der Waals surface area contributed by atoms with Gasteiger partial charge in [0.25, 0.3) is 0 Å². The maximum Gasteiger partial charge on any atom is 0.235 e. The van der Waals surface area contributed by atoms with Crippen LogP contribution in [0.15, 0.2) is 152 Å². The summed E-state index contributed by atoms with van der Waals surface area (Å²) in [5.74, 6) is 0.663. The first kappa shape index (κ1) is 25.0. The van der Waals surface area contributed by atoms with Crippen molar-refractivity contribution in [2.24, 2.45) is 0 Å². The molecule has 44 heavy (non-hydrogen) atoms. The maximum absolute atomic E-state index is 5.26. The van der Waals surface area contributed by atoms with Crippen molar-refractivity contribution in [1.29, 1.82) is 0 Å². The van der Waals surface area contributed by atoms with Crippen LogP contribution in [-0.2, 0) is 0 Å². The highest BCUT2D eigenvalue weighted by Crippen LogP contribution is 2.41. The average molecular weight is 580 g/mol. The SMILES string of the molecule is c1ccc(-c2cc(-c3cccc(-c4cccc5c4sc4ccccc45)c3)nc(-n3c4ccccc4c4ccccc43)n2)cc1. The topological polar surface area (TPSA) is 30.7 Å². The van der Waals surface area contributed by atoms with Crippen molar-refractivity contribution in [2.45, 2.75) is 0 Å². The van der Waals surface area contributed by atoms with Crippen molar-refractivity contribution in [1.82, 2.24) is 14.5 Å². The van der Waals surface area contributed by atoms with Gasteiger partial charge in [-0.05, 0) is 41.5 Å². The summed E-state index contributed by atoms with van der Waals surface area (Å²) >= 11 is 1.86. The number of rotatable bonds is 4. The zero-order valence-electron chi connectivity index (χ0n) is 23.7. The second-order valence-corrected chi connectivity index (χ2v) is 12.1. The molecule has 6 aromatic carbocycles. The Morgan fingerprint density at radius 3 is 1.77 bits per heavy atom. The van der Waals surface area contributed by atoms with Gasteiger partial charge in [0.15, 0.2) is 0 Å². The van der Waals surface area contributed by atoms with E-state index in [-0.39, 0.29) is 0 Å². The summed E-state index contributed by atoms with van der Waals surface area (Å²) in [6, 6.07) is 53.6. The van der Waals surface area contributed by atoms with Crippen LogP contribution < -0.4 is 0 Å². The molecule has 9 aromatic rings. The Hall–Kier alpha value is -5.58. The van der Waals surface area contributed by atoms with Gasteiger partial charge in [0.1, 0.15) is 0 Å². The second kappa shape index (κ2) is 10.0. The van der Waals surface area contributed by atoms with Crippen LogP contribution in [0.2, 0.25) is 0 Å². The number of aromatic nitrogens is 3. The van der Waals surface area contributed by atoms with Gasteiger partial charge in [0, 0.05) is 42.1 Å². The van der Waals surface area contributed by atoms with E-state index in [9.17, 15) is 0 Å². The number of hydrogen-bond acceptors (Lipinski definition) is 3. The van der Waals surface area contributed by atoms with Crippen LogP contribution in [0.5, 0.6) is 0 Å². The summed E-state index contributed by atoms with van der Waals surface area (Å²) in [5, 5.41) is 4.99. The lowest BCUT2D eigenvalue weighted by Crippen LogP contribution is -2.04. The highest BCUT2D eigenvalue weighted by atomic mass is 32.1. The van der Waals surface area contributed by atoms with Crippen molar-refractivity contribution in [3.05, 3.63) is 152 Å². The molecule has 206 valence electrons. The monoisotopic (exact) mass is 579 g/mol. The minimum absolute atomic E-state index is 0.663. The predicted octanol–water partition coefficient (Wildman–Crippen LogP) is 10.9. The molecule has 0 saturated carbocycles. The minimum atomic E-state index is 0.663. The van der Waals surface area contributed by atoms with Crippen LogP contribution >= 0.6 is 11.3 Å². The van der Waals surface area contributed by atoms with E-state index in [1.807, 2.05) is 17.4 Å². The van der Waals surface area contributed by atoms with E-state index >= 15 is 0 Å². The van der Waals surface area contributed by atoms with Gasteiger partial charge < -0.3 is 0 Å². The Morgan fingerprint density at radius 2 is 1.00 bits per heavy atom. The molecule has 0 aliphatic carbocycles. The normalized spacial score (nSPS) is 11.6. The van der Waals surface area contributed by atoms with Gasteiger partial charge in [0.2, 0.25) is 5.95 Å². The fraction of sp³-hybridized carbons (Fsp3) is 0. The summed E-state index contributed by atoms with van der Waals surface area (Å²) in [5.41, 5.74) is 8.51. The van der Waals surface area contributed by atoms with Crippen molar-refractivity contribution in [2.75, 3.05) is 0 Å². The lowest BCUT2D eigenvalue weighted by molar-refractivity contribution is 0.995. The number of benzene rings is 6. The molecule has 3 heterocycles. The number of fused-ring (bicyclic) bond motifs is 6. The lowest BCUT2D eigenvalue weighted by atomic mass is 9.99. The third-order valence-electron chi connectivity index (χ3n) is 8.44. The molecule has 0 radical (unpaired) electrons. The van der Waals surface area contributed by atoms with E-state index in [1.54, 1.807) is 0 Å². The Morgan fingerprint density at radius 1 is 0.432 bits per heavy atom. The van der Waals surface area contributed by atoms with Crippen molar-refractivity contribution in [3.63, 3.8) is 0 Å². The van der Waals surface area contributed by atoms with Gasteiger partial charge in [-0.3, -0.25) is 4.57 Å². The first-order valence-corrected chi connectivity index (χ1v) is 15.6. The molecule has 0 fully saturated rings. The number of hydrogen-bond donors (Lipinski definition) is 0. The van der Waals surface area contributed by atoms with E-state index in [0.29, 0.717) is 5.95 Å². The van der Waals surface area contributed by atoms with Crippen LogP contribution in [-0.4, -0.2) is 14.5 Å². The minimum Gasteiger partial charge on any atom is -0.278 e. The molecular weight excluding hydrogens is 555 g/mol. The van der Waals surface area contributed by atoms with E-state index in [1.165, 1.54) is 42.1 Å². The van der Waals surface area contributed by atoms with Crippen LogP contribution in [0, 0.1) is 0 Å². The van der Waals surface area contributed by atoms with E-state index in [4.69, 9.17) is 9.97 Å². The summed E-state index contributed by atoms with van der Waals surface area (Å²) < 4.78 is 4.82. The molecule has 0 unspecified atom stereocenters. The zero-order valence-corrected chi connectivity index (χ0v) is 24.5. The number of nitrogens with zero attached hydrogens (tertiary/aromatic N) is 3. The smallest absolute Gasteiger partial charge is 0.235 e. The maximum atomic E-state index is 5.26. The standard InChI is InChI=1S/C40H25N3S/c1-2-12-26(13-3-1)34-25-35(42-40(41-34)43-36-21-7-4-16-30(36)31-17-5-8-22-37(31)43)28-15-10-14-27(24-28)29-19-11-20-33-32-18-6-9-23-38(32)44-39(29)33/h1-25H. The van der Waals surface area contributed by atoms with Gasteiger partial charge in [-0.25, -0.2) is 9.97 Å². The van der Waals surface area contributed by atoms with Gasteiger partial charge in [-0.1, -0.05) is 121 Å². The van der Waals surface area contributed by atoms with Crippen molar-refractivity contribution >= 4 is 53.3 Å². The molecule has 0 atom stereocenters. The van der Waals surface area contributed by atoms with E-state index in [2.05, 4.69) is 150 Å². The molecule has 3 nitrogen and oxygen atoms in total. The Bertz CT molecular complexity index is 2450. The molecular formula is C40H25N3S. The van der Waals surface area contributed by atoms with Crippen LogP contribution in [0.25, 0.3) is 81.6 Å². The lowest BCUT2D eigenvalue weighted by Gasteiger charge is -2.12. The predicted molar refractivity (Wildman–Crippen MR) is 186 cm³/mol. The van der Waals surface area contributed by atoms with Gasteiger partial charge >= 0.3 is 0 Å².